The predicted octanol–water partition coefficient (Wildman–Crippen LogP) is 5.48. The molecule has 0 unspecified atom stereocenters. The second-order valence-corrected chi connectivity index (χ2v) is 11.3. The molecule has 2 aromatic carbocycles. The van der Waals surface area contributed by atoms with Gasteiger partial charge in [0.1, 0.15) is 17.0 Å². The van der Waals surface area contributed by atoms with Gasteiger partial charge in [0.25, 0.3) is 0 Å². The number of allylic oxidation sites excluding steroid dienone is 5. The lowest BCUT2D eigenvalue weighted by atomic mass is 10.0. The molecule has 0 radical (unpaired) electrons. The number of halogens is 2. The Morgan fingerprint density at radius 1 is 1.00 bits per heavy atom. The number of carbonyl (C=O) groups is 2. The van der Waals surface area contributed by atoms with Crippen molar-refractivity contribution in [2.24, 2.45) is 5.41 Å². The zero-order valence-corrected chi connectivity index (χ0v) is 27.0. The van der Waals surface area contributed by atoms with Gasteiger partial charge in [-0.1, -0.05) is 26.5 Å². The molecular formula is C36H43F2N3O5. The lowest BCUT2D eigenvalue weighted by Crippen LogP contribution is -2.39. The van der Waals surface area contributed by atoms with Gasteiger partial charge in [-0.05, 0) is 93.4 Å². The number of amides is 2. The molecule has 0 spiro atoms. The smallest absolute Gasteiger partial charge is 0.240 e. The average molecular weight is 636 g/mol. The molecule has 1 saturated carbocycles. The minimum absolute atomic E-state index is 0.0635. The molecule has 2 aromatic rings. The normalized spacial score (nSPS) is 16.0. The minimum atomic E-state index is -1.25. The van der Waals surface area contributed by atoms with Gasteiger partial charge in [0.15, 0.2) is 23.1 Å². The maximum atomic E-state index is 15.4. The second kappa shape index (κ2) is 15.7. The van der Waals surface area contributed by atoms with Gasteiger partial charge in [0.05, 0.1) is 13.7 Å². The number of carbonyl (C=O) groups excluding carboxylic acids is 2. The van der Waals surface area contributed by atoms with Gasteiger partial charge in [-0.3, -0.25) is 9.59 Å². The summed E-state index contributed by atoms with van der Waals surface area (Å²) in [5, 5.41) is 6.60. The third-order valence-corrected chi connectivity index (χ3v) is 8.15. The summed E-state index contributed by atoms with van der Waals surface area (Å²) >= 11 is 0. The van der Waals surface area contributed by atoms with Gasteiger partial charge in [-0.15, -0.1) is 0 Å². The zero-order chi connectivity index (χ0) is 33.3. The highest BCUT2D eigenvalue weighted by molar-refractivity contribution is 6.13. The van der Waals surface area contributed by atoms with E-state index >= 15 is 4.39 Å². The van der Waals surface area contributed by atoms with Crippen LogP contribution in [-0.4, -0.2) is 50.1 Å². The van der Waals surface area contributed by atoms with E-state index in [1.807, 2.05) is 6.92 Å². The molecule has 8 nitrogen and oxygen atoms in total. The number of benzene rings is 2. The number of ether oxygens (including phenoxy) is 3. The second-order valence-electron chi connectivity index (χ2n) is 11.3. The van der Waals surface area contributed by atoms with Crippen molar-refractivity contribution < 1.29 is 32.6 Å². The summed E-state index contributed by atoms with van der Waals surface area (Å²) in [5.41, 5.74) is -0.503. The number of methoxy groups -OCH3 is 1. The number of anilines is 1. The lowest BCUT2D eigenvalue weighted by Gasteiger charge is -2.18. The molecular weight excluding hydrogens is 592 g/mol. The van der Waals surface area contributed by atoms with Crippen LogP contribution < -0.4 is 35.3 Å². The highest BCUT2D eigenvalue weighted by Gasteiger charge is 2.56. The van der Waals surface area contributed by atoms with Crippen molar-refractivity contribution in [1.82, 2.24) is 10.2 Å². The molecule has 0 heterocycles. The van der Waals surface area contributed by atoms with E-state index in [-0.39, 0.29) is 23.7 Å². The summed E-state index contributed by atoms with van der Waals surface area (Å²) in [4.78, 5) is 28.3. The van der Waals surface area contributed by atoms with Crippen LogP contribution in [0.4, 0.5) is 14.5 Å². The fourth-order valence-electron chi connectivity index (χ4n) is 5.14. The van der Waals surface area contributed by atoms with Gasteiger partial charge >= 0.3 is 0 Å². The fourth-order valence-corrected chi connectivity index (χ4v) is 5.14. The summed E-state index contributed by atoms with van der Waals surface area (Å²) in [6.07, 6.45) is 8.40. The Kier molecular flexibility index (Phi) is 11.8. The van der Waals surface area contributed by atoms with Gasteiger partial charge in [0.2, 0.25) is 11.8 Å². The van der Waals surface area contributed by atoms with E-state index in [1.165, 1.54) is 24.3 Å². The zero-order valence-electron chi connectivity index (χ0n) is 27.0. The average Bonchev–Trinajstić information content (AvgIpc) is 3.86. The molecule has 46 heavy (non-hydrogen) atoms. The van der Waals surface area contributed by atoms with E-state index < -0.39 is 23.0 Å². The number of rotatable bonds is 15. The van der Waals surface area contributed by atoms with Crippen LogP contribution in [-0.2, 0) is 9.59 Å². The summed E-state index contributed by atoms with van der Waals surface area (Å²) in [6.45, 7) is 13.6. The Morgan fingerprint density at radius 3 is 2.35 bits per heavy atom. The quantitative estimate of drug-likeness (QED) is 0.199. The molecule has 2 aliphatic rings. The van der Waals surface area contributed by atoms with Crippen molar-refractivity contribution >= 4 is 29.8 Å². The van der Waals surface area contributed by atoms with E-state index in [1.54, 1.807) is 31.4 Å². The van der Waals surface area contributed by atoms with Gasteiger partial charge in [-0.25, -0.2) is 8.78 Å². The SMILES string of the molecule is C=c1cc(OC)c(OCCCN(CC)CC)c/c1=C(/C=C\C)Oc1ccc(NC(=O)C2(C(=O)NC3=CC=C(F)CC3)CC2)cc1F. The topological polar surface area (TPSA) is 89.1 Å². The van der Waals surface area contributed by atoms with Gasteiger partial charge < -0.3 is 29.7 Å². The van der Waals surface area contributed by atoms with Crippen LogP contribution in [0, 0.1) is 11.2 Å². The Balaban J connectivity index is 1.49. The molecule has 2 amide bonds. The molecule has 0 aromatic heterocycles. The molecule has 0 atom stereocenters. The van der Waals surface area contributed by atoms with Crippen LogP contribution in [0.1, 0.15) is 52.9 Å². The lowest BCUT2D eigenvalue weighted by molar-refractivity contribution is -0.133. The molecule has 2 N–H and O–H groups in total. The molecule has 4 rings (SSSR count). The molecule has 0 saturated heterocycles. The summed E-state index contributed by atoms with van der Waals surface area (Å²) in [6, 6.07) is 7.60. The molecule has 246 valence electrons. The molecule has 1 fully saturated rings. The Hall–Kier alpha value is -4.44. The van der Waals surface area contributed by atoms with Crippen molar-refractivity contribution in [3.8, 4) is 17.2 Å². The first kappa shape index (κ1) is 34.4. The largest absolute Gasteiger partial charge is 0.493 e. The predicted molar refractivity (Wildman–Crippen MR) is 176 cm³/mol. The van der Waals surface area contributed by atoms with E-state index in [2.05, 4.69) is 36.0 Å². The standard InChI is InChI=1S/C36H43F2N3O5/c1-6-10-30(28-23-33(32(44-5)21-24(28)4)45-20-9-19-41(7-2)8-3)46-31-16-15-27(22-29(31)38)40-35(43)36(17-18-36)34(42)39-26-13-11-25(37)12-14-26/h6,10-11,13,15-16,21-23H,4,7-9,12,14,17-20H2,1-3,5H3,(H,39,42)(H,40,43)/b10-6-,30-28+. The Labute approximate surface area is 269 Å². The molecule has 0 aliphatic heterocycles. The van der Waals surface area contributed by atoms with Crippen LogP contribution in [0.2, 0.25) is 0 Å². The summed E-state index contributed by atoms with van der Waals surface area (Å²) in [7, 11) is 1.56. The highest BCUT2D eigenvalue weighted by Crippen LogP contribution is 2.47. The van der Waals surface area contributed by atoms with Crippen LogP contribution in [0.3, 0.4) is 0 Å². The number of nitrogens with one attached hydrogen (secondary N) is 2. The number of hydrogen-bond acceptors (Lipinski definition) is 6. The number of hydrogen-bond donors (Lipinski definition) is 2. The van der Waals surface area contributed by atoms with E-state index in [0.717, 1.165) is 32.1 Å². The highest BCUT2D eigenvalue weighted by atomic mass is 19.1. The third-order valence-electron chi connectivity index (χ3n) is 8.15. The third kappa shape index (κ3) is 8.42. The van der Waals surface area contributed by atoms with Crippen molar-refractivity contribution in [3.05, 3.63) is 82.4 Å². The molecule has 0 bridgehead atoms. The molecule has 2 aliphatic carbocycles. The summed E-state index contributed by atoms with van der Waals surface area (Å²) < 4.78 is 46.3. The maximum absolute atomic E-state index is 15.4. The first-order valence-electron chi connectivity index (χ1n) is 15.7. The van der Waals surface area contributed by atoms with Crippen LogP contribution in [0.5, 0.6) is 17.2 Å². The van der Waals surface area contributed by atoms with E-state index in [9.17, 15) is 14.0 Å². The van der Waals surface area contributed by atoms with E-state index in [0.29, 0.717) is 59.3 Å². The Bertz CT molecular complexity index is 1640. The summed E-state index contributed by atoms with van der Waals surface area (Å²) in [5.74, 6) is -0.599. The van der Waals surface area contributed by atoms with Crippen molar-refractivity contribution in [2.75, 3.05) is 38.7 Å². The van der Waals surface area contributed by atoms with Gasteiger partial charge in [-0.2, -0.15) is 0 Å². The van der Waals surface area contributed by atoms with Crippen molar-refractivity contribution in [1.29, 1.82) is 0 Å². The minimum Gasteiger partial charge on any atom is -0.493 e. The van der Waals surface area contributed by atoms with Crippen LogP contribution >= 0.6 is 0 Å². The Morgan fingerprint density at radius 2 is 1.74 bits per heavy atom. The fraction of sp³-hybridized carbons (Fsp3) is 0.389. The monoisotopic (exact) mass is 635 g/mol. The van der Waals surface area contributed by atoms with Crippen molar-refractivity contribution in [2.45, 2.75) is 52.9 Å². The van der Waals surface area contributed by atoms with Crippen LogP contribution in [0.25, 0.3) is 12.3 Å². The van der Waals surface area contributed by atoms with Gasteiger partial charge in [0, 0.05) is 35.6 Å². The van der Waals surface area contributed by atoms with Crippen LogP contribution in [0.15, 0.2) is 66.2 Å². The maximum Gasteiger partial charge on any atom is 0.240 e. The first-order chi connectivity index (χ1) is 22.1. The number of nitrogens with zero attached hydrogens (tertiary/aromatic N) is 1. The first-order valence-corrected chi connectivity index (χ1v) is 15.7. The van der Waals surface area contributed by atoms with Crippen molar-refractivity contribution in [3.63, 3.8) is 0 Å². The molecule has 10 heteroatoms. The van der Waals surface area contributed by atoms with E-state index in [4.69, 9.17) is 14.2 Å².